The second kappa shape index (κ2) is 3.02. The maximum Gasteiger partial charge on any atom is 0.0997 e. The fraction of sp³-hybridized carbons (Fsp3) is 1.00. The highest BCUT2D eigenvalue weighted by molar-refractivity contribution is 4.61. The summed E-state index contributed by atoms with van der Waals surface area (Å²) in [5.74, 6) is 4.67. The van der Waals surface area contributed by atoms with Gasteiger partial charge in [0.1, 0.15) is 0 Å². The summed E-state index contributed by atoms with van der Waals surface area (Å²) in [5.41, 5.74) is -0.255. The topological polar surface area (TPSA) is 44.5 Å². The van der Waals surface area contributed by atoms with Crippen LogP contribution in [0.15, 0.2) is 0 Å². The minimum absolute atomic E-state index is 0.255. The lowest BCUT2D eigenvalue weighted by molar-refractivity contribution is -0.358. The molecule has 0 aromatic rings. The highest BCUT2D eigenvalue weighted by Crippen LogP contribution is 2.11. The van der Waals surface area contributed by atoms with E-state index in [1.807, 2.05) is 20.8 Å². The van der Waals surface area contributed by atoms with Gasteiger partial charge in [-0.25, -0.2) is 4.89 Å². The van der Waals surface area contributed by atoms with Crippen LogP contribution in [-0.2, 0) is 9.88 Å². The van der Waals surface area contributed by atoms with E-state index in [9.17, 15) is 0 Å². The average molecular weight is 119 g/mol. The van der Waals surface area contributed by atoms with Crippen LogP contribution < -0.4 is 5.90 Å². The summed E-state index contributed by atoms with van der Waals surface area (Å²) in [5, 5.41) is 0. The molecule has 0 fully saturated rings. The molecule has 3 heteroatoms. The van der Waals surface area contributed by atoms with Gasteiger partial charge < -0.3 is 0 Å². The number of hydrogen-bond acceptors (Lipinski definition) is 3. The Labute approximate surface area is 49.6 Å². The zero-order valence-corrected chi connectivity index (χ0v) is 5.60. The van der Waals surface area contributed by atoms with Gasteiger partial charge in [0.05, 0.1) is 5.60 Å². The second-order valence-electron chi connectivity index (χ2n) is 2.29. The summed E-state index contributed by atoms with van der Waals surface area (Å²) < 4.78 is 0. The zero-order chi connectivity index (χ0) is 6.62. The van der Waals surface area contributed by atoms with Crippen molar-refractivity contribution in [2.45, 2.75) is 32.8 Å². The SMILES string of the molecule is CCC(C)(C)OON. The average Bonchev–Trinajstić information content (AvgIpc) is 1.67. The molecule has 0 spiro atoms. The molecule has 0 rings (SSSR count). The maximum absolute atomic E-state index is 4.67. The molecule has 0 saturated heterocycles. The lowest BCUT2D eigenvalue weighted by atomic mass is 10.1. The lowest BCUT2D eigenvalue weighted by Gasteiger charge is -2.18. The monoisotopic (exact) mass is 119 g/mol. The zero-order valence-electron chi connectivity index (χ0n) is 5.60. The normalized spacial score (nSPS) is 12.0. The summed E-state index contributed by atoms with van der Waals surface area (Å²) in [6.45, 7) is 5.80. The fourth-order valence-corrected chi connectivity index (χ4v) is 0.189. The molecule has 0 atom stereocenters. The first-order valence-electron chi connectivity index (χ1n) is 2.67. The third-order valence-electron chi connectivity index (χ3n) is 1.13. The van der Waals surface area contributed by atoms with Gasteiger partial charge in [0.15, 0.2) is 0 Å². The predicted molar refractivity (Wildman–Crippen MR) is 30.7 cm³/mol. The molecular formula is C5H13NO2. The Morgan fingerprint density at radius 3 is 2.12 bits per heavy atom. The second-order valence-corrected chi connectivity index (χ2v) is 2.29. The van der Waals surface area contributed by atoms with E-state index in [0.717, 1.165) is 6.42 Å². The molecule has 0 aliphatic carbocycles. The van der Waals surface area contributed by atoms with E-state index in [1.165, 1.54) is 0 Å². The van der Waals surface area contributed by atoms with Gasteiger partial charge in [-0.05, 0) is 20.3 Å². The van der Waals surface area contributed by atoms with Crippen molar-refractivity contribution in [1.82, 2.24) is 0 Å². The van der Waals surface area contributed by atoms with Crippen molar-refractivity contribution in [2.75, 3.05) is 0 Å². The standard InChI is InChI=1S/C5H13NO2/c1-4-5(2,3)7-8-6/h4,6H2,1-3H3. The van der Waals surface area contributed by atoms with Crippen molar-refractivity contribution in [3.8, 4) is 0 Å². The fourth-order valence-electron chi connectivity index (χ4n) is 0.189. The highest BCUT2D eigenvalue weighted by atomic mass is 17.3. The van der Waals surface area contributed by atoms with Crippen LogP contribution in [-0.4, -0.2) is 5.60 Å². The van der Waals surface area contributed by atoms with Gasteiger partial charge in [-0.1, -0.05) is 6.92 Å². The molecule has 50 valence electrons. The molecule has 8 heavy (non-hydrogen) atoms. The molecule has 3 nitrogen and oxygen atoms in total. The molecule has 0 radical (unpaired) electrons. The highest BCUT2D eigenvalue weighted by Gasteiger charge is 2.15. The van der Waals surface area contributed by atoms with Crippen molar-refractivity contribution in [2.24, 2.45) is 5.90 Å². The molecule has 0 unspecified atom stereocenters. The largest absolute Gasteiger partial charge is 0.212 e. The quantitative estimate of drug-likeness (QED) is 0.445. The van der Waals surface area contributed by atoms with Gasteiger partial charge in [-0.3, -0.25) is 0 Å². The summed E-state index contributed by atoms with van der Waals surface area (Å²) >= 11 is 0. The van der Waals surface area contributed by atoms with Crippen LogP contribution in [0.5, 0.6) is 0 Å². The molecule has 0 aliphatic rings. The molecule has 0 bridgehead atoms. The molecule has 0 aromatic heterocycles. The van der Waals surface area contributed by atoms with E-state index < -0.39 is 0 Å². The van der Waals surface area contributed by atoms with Gasteiger partial charge in [0, 0.05) is 0 Å². The molecule has 2 N–H and O–H groups in total. The number of rotatable bonds is 3. The van der Waals surface area contributed by atoms with Crippen LogP contribution in [0.3, 0.4) is 0 Å². The van der Waals surface area contributed by atoms with Crippen molar-refractivity contribution in [1.29, 1.82) is 0 Å². The van der Waals surface area contributed by atoms with Gasteiger partial charge in [-0.15, -0.1) is 4.99 Å². The number of nitrogens with two attached hydrogens (primary N) is 1. The Balaban J connectivity index is 3.37. The molecule has 0 heterocycles. The lowest BCUT2D eigenvalue weighted by Crippen LogP contribution is -2.24. The Morgan fingerprint density at radius 2 is 2.00 bits per heavy atom. The van der Waals surface area contributed by atoms with Gasteiger partial charge in [0.25, 0.3) is 0 Å². The first-order chi connectivity index (χ1) is 3.62. The molecule has 0 aliphatic heterocycles. The first kappa shape index (κ1) is 7.88. The Hall–Kier alpha value is -0.120. The van der Waals surface area contributed by atoms with Crippen molar-refractivity contribution < 1.29 is 9.88 Å². The van der Waals surface area contributed by atoms with Crippen LogP contribution in [0.4, 0.5) is 0 Å². The Kier molecular flexibility index (Phi) is 2.97. The Morgan fingerprint density at radius 1 is 1.50 bits per heavy atom. The minimum Gasteiger partial charge on any atom is -0.212 e. The van der Waals surface area contributed by atoms with Crippen LogP contribution in [0.1, 0.15) is 27.2 Å². The minimum atomic E-state index is -0.255. The first-order valence-corrected chi connectivity index (χ1v) is 2.67. The summed E-state index contributed by atoms with van der Waals surface area (Å²) in [6.07, 6.45) is 0.879. The van der Waals surface area contributed by atoms with E-state index in [-0.39, 0.29) is 5.60 Å². The summed E-state index contributed by atoms with van der Waals surface area (Å²) in [7, 11) is 0. The third-order valence-corrected chi connectivity index (χ3v) is 1.13. The van der Waals surface area contributed by atoms with E-state index >= 15 is 0 Å². The van der Waals surface area contributed by atoms with Crippen LogP contribution in [0.2, 0.25) is 0 Å². The summed E-state index contributed by atoms with van der Waals surface area (Å²) in [6, 6.07) is 0. The van der Waals surface area contributed by atoms with Crippen molar-refractivity contribution in [3.05, 3.63) is 0 Å². The van der Waals surface area contributed by atoms with Crippen LogP contribution in [0.25, 0.3) is 0 Å². The maximum atomic E-state index is 4.67. The molecule has 0 amide bonds. The third kappa shape index (κ3) is 2.96. The van der Waals surface area contributed by atoms with E-state index in [0.29, 0.717) is 0 Å². The van der Waals surface area contributed by atoms with E-state index in [4.69, 9.17) is 0 Å². The van der Waals surface area contributed by atoms with E-state index in [1.54, 1.807) is 0 Å². The van der Waals surface area contributed by atoms with Gasteiger partial charge in [0.2, 0.25) is 0 Å². The molecule has 0 saturated carbocycles. The summed E-state index contributed by atoms with van der Waals surface area (Å²) in [4.78, 5) is 8.65. The van der Waals surface area contributed by atoms with Crippen molar-refractivity contribution in [3.63, 3.8) is 0 Å². The van der Waals surface area contributed by atoms with Gasteiger partial charge in [-0.2, -0.15) is 5.90 Å². The molecule has 0 aromatic carbocycles. The predicted octanol–water partition coefficient (Wildman–Crippen LogP) is 0.997. The smallest absolute Gasteiger partial charge is 0.0997 e. The van der Waals surface area contributed by atoms with Crippen LogP contribution >= 0.6 is 0 Å². The van der Waals surface area contributed by atoms with Crippen molar-refractivity contribution >= 4 is 0 Å². The number of hydrogen-bond donors (Lipinski definition) is 1. The van der Waals surface area contributed by atoms with E-state index in [2.05, 4.69) is 15.8 Å². The van der Waals surface area contributed by atoms with Gasteiger partial charge >= 0.3 is 0 Å². The molecular weight excluding hydrogens is 106 g/mol. The van der Waals surface area contributed by atoms with Crippen LogP contribution in [0, 0.1) is 0 Å². The Bertz CT molecular complexity index is 63.4.